The molecule has 1 aliphatic heterocycles. The first-order valence-electron chi connectivity index (χ1n) is 11.2. The molecule has 1 heterocycles. The molecule has 1 saturated heterocycles. The Bertz CT molecular complexity index is 691. The predicted octanol–water partition coefficient (Wildman–Crippen LogP) is 2.01. The van der Waals surface area contributed by atoms with Gasteiger partial charge in [0.2, 0.25) is 0 Å². The third kappa shape index (κ3) is 10.5. The third-order valence-electron chi connectivity index (χ3n) is 5.02. The zero-order chi connectivity index (χ0) is 22.7. The summed E-state index contributed by atoms with van der Waals surface area (Å²) in [5.74, 6) is 0.749. The molecule has 1 amide bonds. The number of nitrogens with one attached hydrogen (secondary N) is 3. The number of aliphatic imine (C=N–C) groups is 1. The number of benzene rings is 1. The van der Waals surface area contributed by atoms with Crippen LogP contribution >= 0.6 is 0 Å². The fourth-order valence-corrected chi connectivity index (χ4v) is 3.23. The average Bonchev–Trinajstić information content (AvgIpc) is 2.71. The second-order valence-corrected chi connectivity index (χ2v) is 9.03. The molecule has 0 aromatic heterocycles. The van der Waals surface area contributed by atoms with Gasteiger partial charge in [0.1, 0.15) is 5.60 Å². The highest BCUT2D eigenvalue weighted by Gasteiger charge is 2.15. The molecule has 0 spiro atoms. The summed E-state index contributed by atoms with van der Waals surface area (Å²) in [5, 5.41) is 9.36. The SMILES string of the molecule is CN=C(NCCCNC(=O)OC(C)(C)C)NCc1ccc(CN2CCN(C)CC2)cc1. The van der Waals surface area contributed by atoms with E-state index >= 15 is 0 Å². The van der Waals surface area contributed by atoms with Crippen LogP contribution < -0.4 is 16.0 Å². The summed E-state index contributed by atoms with van der Waals surface area (Å²) in [7, 11) is 3.94. The molecule has 0 atom stereocenters. The molecule has 0 bridgehead atoms. The Morgan fingerprint density at radius 3 is 2.23 bits per heavy atom. The number of carbonyl (C=O) groups is 1. The number of ether oxygens (including phenoxy) is 1. The molecule has 1 aliphatic rings. The number of nitrogens with zero attached hydrogens (tertiary/aromatic N) is 3. The molecule has 8 heteroatoms. The van der Waals surface area contributed by atoms with Crippen LogP contribution in [0.4, 0.5) is 4.79 Å². The van der Waals surface area contributed by atoms with E-state index < -0.39 is 5.60 Å². The van der Waals surface area contributed by atoms with Crippen molar-refractivity contribution >= 4 is 12.1 Å². The number of guanidine groups is 1. The van der Waals surface area contributed by atoms with Gasteiger partial charge in [-0.05, 0) is 45.4 Å². The number of hydrogen-bond donors (Lipinski definition) is 3. The van der Waals surface area contributed by atoms with Crippen molar-refractivity contribution in [1.29, 1.82) is 0 Å². The number of piperazine rings is 1. The lowest BCUT2D eigenvalue weighted by Gasteiger charge is -2.32. The van der Waals surface area contributed by atoms with E-state index in [4.69, 9.17) is 4.74 Å². The number of likely N-dealkylation sites (N-methyl/N-ethyl adjacent to an activating group) is 1. The van der Waals surface area contributed by atoms with Crippen LogP contribution in [-0.2, 0) is 17.8 Å². The number of alkyl carbamates (subject to hydrolysis) is 1. The molecule has 2 rings (SSSR count). The van der Waals surface area contributed by atoms with Crippen LogP contribution in [-0.4, -0.2) is 80.8 Å². The maximum atomic E-state index is 11.6. The molecule has 1 aromatic rings. The van der Waals surface area contributed by atoms with Gasteiger partial charge in [-0.3, -0.25) is 9.89 Å². The van der Waals surface area contributed by atoms with Crippen LogP contribution in [0.25, 0.3) is 0 Å². The predicted molar refractivity (Wildman–Crippen MR) is 126 cm³/mol. The van der Waals surface area contributed by atoms with E-state index in [1.807, 2.05) is 20.8 Å². The minimum absolute atomic E-state index is 0.383. The van der Waals surface area contributed by atoms with Crippen LogP contribution in [0.2, 0.25) is 0 Å². The fraction of sp³-hybridized carbons (Fsp3) is 0.652. The average molecular weight is 433 g/mol. The van der Waals surface area contributed by atoms with E-state index in [-0.39, 0.29) is 6.09 Å². The van der Waals surface area contributed by atoms with Gasteiger partial charge in [-0.2, -0.15) is 0 Å². The molecule has 1 fully saturated rings. The summed E-state index contributed by atoms with van der Waals surface area (Å²) in [6.07, 6.45) is 0.395. The first-order chi connectivity index (χ1) is 14.7. The first-order valence-corrected chi connectivity index (χ1v) is 11.2. The van der Waals surface area contributed by atoms with Gasteiger partial charge in [-0.1, -0.05) is 24.3 Å². The van der Waals surface area contributed by atoms with E-state index in [1.165, 1.54) is 11.1 Å². The maximum Gasteiger partial charge on any atom is 0.407 e. The molecule has 8 nitrogen and oxygen atoms in total. The summed E-state index contributed by atoms with van der Waals surface area (Å²) >= 11 is 0. The largest absolute Gasteiger partial charge is 0.444 e. The van der Waals surface area contributed by atoms with E-state index in [0.717, 1.165) is 45.1 Å². The Morgan fingerprint density at radius 1 is 1.00 bits per heavy atom. The van der Waals surface area contributed by atoms with Gasteiger partial charge in [0.25, 0.3) is 0 Å². The van der Waals surface area contributed by atoms with Gasteiger partial charge >= 0.3 is 6.09 Å². The standard InChI is InChI=1S/C23H40N6O2/c1-23(2,3)31-22(30)26-12-6-11-25-21(24-4)27-17-19-7-9-20(10-8-19)18-29-15-13-28(5)14-16-29/h7-10H,6,11-18H2,1-5H3,(H,26,30)(H2,24,25,27). The van der Waals surface area contributed by atoms with E-state index in [9.17, 15) is 4.79 Å². The van der Waals surface area contributed by atoms with Crippen molar-refractivity contribution in [2.75, 3.05) is 53.4 Å². The Balaban J connectivity index is 1.62. The van der Waals surface area contributed by atoms with Crippen LogP contribution in [0.1, 0.15) is 38.3 Å². The van der Waals surface area contributed by atoms with Crippen molar-refractivity contribution in [3.8, 4) is 0 Å². The number of amides is 1. The quantitative estimate of drug-likeness (QED) is 0.331. The minimum atomic E-state index is -0.475. The monoisotopic (exact) mass is 432 g/mol. The summed E-state index contributed by atoms with van der Waals surface area (Å²) in [6, 6.07) is 8.79. The summed E-state index contributed by atoms with van der Waals surface area (Å²) in [4.78, 5) is 20.8. The molecule has 3 N–H and O–H groups in total. The summed E-state index contributed by atoms with van der Waals surface area (Å²) < 4.78 is 5.22. The molecule has 174 valence electrons. The molecule has 0 aliphatic carbocycles. The second-order valence-electron chi connectivity index (χ2n) is 9.03. The van der Waals surface area contributed by atoms with E-state index in [2.05, 4.69) is 62.1 Å². The zero-order valence-electron chi connectivity index (χ0n) is 19.8. The Labute approximate surface area is 187 Å². The van der Waals surface area contributed by atoms with Crippen LogP contribution in [0.5, 0.6) is 0 Å². The van der Waals surface area contributed by atoms with Crippen molar-refractivity contribution in [2.45, 2.75) is 45.9 Å². The molecule has 1 aromatic carbocycles. The van der Waals surface area contributed by atoms with Crippen LogP contribution in [0.15, 0.2) is 29.3 Å². The van der Waals surface area contributed by atoms with E-state index in [1.54, 1.807) is 7.05 Å². The van der Waals surface area contributed by atoms with Gasteiger partial charge in [0, 0.05) is 59.4 Å². The molecule has 0 saturated carbocycles. The zero-order valence-corrected chi connectivity index (χ0v) is 19.8. The van der Waals surface area contributed by atoms with Crippen molar-refractivity contribution in [3.63, 3.8) is 0 Å². The lowest BCUT2D eigenvalue weighted by atomic mass is 10.1. The molecular weight excluding hydrogens is 392 g/mol. The number of hydrogen-bond acceptors (Lipinski definition) is 5. The maximum absolute atomic E-state index is 11.6. The van der Waals surface area contributed by atoms with Gasteiger partial charge in [-0.15, -0.1) is 0 Å². The minimum Gasteiger partial charge on any atom is -0.444 e. The van der Waals surface area contributed by atoms with Crippen molar-refractivity contribution in [3.05, 3.63) is 35.4 Å². The number of rotatable bonds is 8. The Morgan fingerprint density at radius 2 is 1.61 bits per heavy atom. The van der Waals surface area contributed by atoms with Gasteiger partial charge in [0.15, 0.2) is 5.96 Å². The van der Waals surface area contributed by atoms with Crippen LogP contribution in [0.3, 0.4) is 0 Å². The van der Waals surface area contributed by atoms with E-state index in [0.29, 0.717) is 19.6 Å². The third-order valence-corrected chi connectivity index (χ3v) is 5.02. The Kier molecular flexibility index (Phi) is 10.1. The lowest BCUT2D eigenvalue weighted by Crippen LogP contribution is -2.43. The summed E-state index contributed by atoms with van der Waals surface area (Å²) in [5.41, 5.74) is 2.10. The first kappa shape index (κ1) is 24.9. The second kappa shape index (κ2) is 12.5. The van der Waals surface area contributed by atoms with Crippen molar-refractivity contribution in [1.82, 2.24) is 25.8 Å². The normalized spacial score (nSPS) is 16.1. The van der Waals surface area contributed by atoms with Crippen molar-refractivity contribution in [2.24, 2.45) is 4.99 Å². The molecule has 0 unspecified atom stereocenters. The van der Waals surface area contributed by atoms with Crippen LogP contribution in [0, 0.1) is 0 Å². The Hall–Kier alpha value is -2.32. The van der Waals surface area contributed by atoms with Gasteiger partial charge < -0.3 is 25.6 Å². The molecule has 0 radical (unpaired) electrons. The van der Waals surface area contributed by atoms with Crippen molar-refractivity contribution < 1.29 is 9.53 Å². The highest BCUT2D eigenvalue weighted by molar-refractivity contribution is 5.79. The highest BCUT2D eigenvalue weighted by atomic mass is 16.6. The summed E-state index contributed by atoms with van der Waals surface area (Å²) in [6.45, 7) is 13.1. The molecular formula is C23H40N6O2. The highest BCUT2D eigenvalue weighted by Crippen LogP contribution is 2.10. The fourth-order valence-electron chi connectivity index (χ4n) is 3.23. The van der Waals surface area contributed by atoms with Gasteiger partial charge in [-0.25, -0.2) is 4.79 Å². The number of carbonyl (C=O) groups excluding carboxylic acids is 1. The smallest absolute Gasteiger partial charge is 0.407 e. The van der Waals surface area contributed by atoms with Gasteiger partial charge in [0.05, 0.1) is 0 Å². The topological polar surface area (TPSA) is 81.2 Å². The lowest BCUT2D eigenvalue weighted by molar-refractivity contribution is 0.0527. The molecule has 31 heavy (non-hydrogen) atoms.